The molecule has 0 unspecified atom stereocenters. The first-order chi connectivity index (χ1) is 14.4. The number of hydrogen-bond acceptors (Lipinski definition) is 7. The number of thiazole rings is 1. The highest BCUT2D eigenvalue weighted by molar-refractivity contribution is 7.89. The van der Waals surface area contributed by atoms with Crippen LogP contribution in [0.4, 0.5) is 10.8 Å². The number of rotatable bonds is 4. The number of aryl methyl sites for hydroxylation is 2. The summed E-state index contributed by atoms with van der Waals surface area (Å²) in [6, 6.07) is 10.2. The molecule has 1 aromatic heterocycles. The van der Waals surface area contributed by atoms with Crippen molar-refractivity contribution < 1.29 is 13.3 Å². The number of non-ortho nitro benzene ring substituents is 1. The number of benzene rings is 2. The number of nitrogens with zero attached hydrogens (tertiary/aromatic N) is 4. The monoisotopic (exact) mass is 444 g/mol. The van der Waals surface area contributed by atoms with Crippen molar-refractivity contribution in [3.63, 3.8) is 0 Å². The molecule has 0 spiro atoms. The molecular weight excluding hydrogens is 424 g/mol. The normalized spacial score (nSPS) is 17.4. The molecular formula is C20H20N4O4S2. The fourth-order valence-electron chi connectivity index (χ4n) is 4.13. The van der Waals surface area contributed by atoms with Crippen LogP contribution in [-0.4, -0.2) is 48.8 Å². The van der Waals surface area contributed by atoms with Gasteiger partial charge in [0, 0.05) is 38.3 Å². The van der Waals surface area contributed by atoms with Crippen LogP contribution in [0.25, 0.3) is 10.2 Å². The number of nitro benzene ring substituents is 1. The molecule has 10 heteroatoms. The topological polar surface area (TPSA) is 96.7 Å². The maximum atomic E-state index is 13.1. The van der Waals surface area contributed by atoms with Gasteiger partial charge >= 0.3 is 0 Å². The van der Waals surface area contributed by atoms with E-state index in [2.05, 4.69) is 4.98 Å². The largest absolute Gasteiger partial charge is 0.345 e. The SMILES string of the molecule is O=[N+]([O-])c1ccc2nc(N3CCN(S(=O)(=O)c4ccc5c(c4)CCC5)CC3)sc2c1. The lowest BCUT2D eigenvalue weighted by molar-refractivity contribution is -0.384. The van der Waals surface area contributed by atoms with Gasteiger partial charge in [0.05, 0.1) is 20.0 Å². The smallest absolute Gasteiger partial charge is 0.270 e. The van der Waals surface area contributed by atoms with Crippen molar-refractivity contribution in [3.8, 4) is 0 Å². The van der Waals surface area contributed by atoms with Gasteiger partial charge in [0.2, 0.25) is 10.0 Å². The Hall–Kier alpha value is -2.56. The molecule has 1 fully saturated rings. The van der Waals surface area contributed by atoms with Crippen LogP contribution >= 0.6 is 11.3 Å². The van der Waals surface area contributed by atoms with Crippen LogP contribution in [0.3, 0.4) is 0 Å². The average Bonchev–Trinajstić information content (AvgIpc) is 3.39. The minimum atomic E-state index is -3.51. The molecule has 0 amide bonds. The Morgan fingerprint density at radius 1 is 1.00 bits per heavy atom. The van der Waals surface area contributed by atoms with Gasteiger partial charge in [-0.2, -0.15) is 4.31 Å². The summed E-state index contributed by atoms with van der Waals surface area (Å²) in [4.78, 5) is 17.6. The summed E-state index contributed by atoms with van der Waals surface area (Å²) in [6.45, 7) is 1.84. The van der Waals surface area contributed by atoms with E-state index in [0.29, 0.717) is 36.6 Å². The van der Waals surface area contributed by atoms with E-state index in [9.17, 15) is 18.5 Å². The number of aromatic nitrogens is 1. The molecule has 1 aliphatic carbocycles. The molecule has 2 aromatic carbocycles. The third kappa shape index (κ3) is 3.34. The van der Waals surface area contributed by atoms with Crippen LogP contribution < -0.4 is 4.90 Å². The number of hydrogen-bond donors (Lipinski definition) is 0. The molecule has 1 aliphatic heterocycles. The highest BCUT2D eigenvalue weighted by atomic mass is 32.2. The number of nitro groups is 1. The molecule has 0 atom stereocenters. The standard InChI is InChI=1S/C20H20N4O4S2/c25-24(26)16-5-7-18-19(13-16)29-20(21-18)22-8-10-23(11-9-22)30(27,28)17-6-4-14-2-1-3-15(14)12-17/h4-7,12-13H,1-3,8-11H2. The fraction of sp³-hybridized carbons (Fsp3) is 0.350. The molecule has 0 radical (unpaired) electrons. The molecule has 2 heterocycles. The summed E-state index contributed by atoms with van der Waals surface area (Å²) < 4.78 is 28.5. The van der Waals surface area contributed by atoms with E-state index in [0.717, 1.165) is 34.7 Å². The second-order valence-electron chi connectivity index (χ2n) is 7.58. The molecule has 0 bridgehead atoms. The second-order valence-corrected chi connectivity index (χ2v) is 10.5. The van der Waals surface area contributed by atoms with Crippen LogP contribution in [0.15, 0.2) is 41.3 Å². The average molecular weight is 445 g/mol. The summed E-state index contributed by atoms with van der Waals surface area (Å²) >= 11 is 1.40. The molecule has 0 N–H and O–H groups in total. The summed E-state index contributed by atoms with van der Waals surface area (Å²) in [6.07, 6.45) is 3.06. The molecule has 8 nitrogen and oxygen atoms in total. The number of fused-ring (bicyclic) bond motifs is 2. The van der Waals surface area contributed by atoms with E-state index < -0.39 is 14.9 Å². The van der Waals surface area contributed by atoms with Gasteiger partial charge in [-0.15, -0.1) is 0 Å². The van der Waals surface area contributed by atoms with E-state index in [1.165, 1.54) is 29.0 Å². The minimum absolute atomic E-state index is 0.0444. The quantitative estimate of drug-likeness (QED) is 0.453. The first-order valence-electron chi connectivity index (χ1n) is 9.84. The third-order valence-electron chi connectivity index (χ3n) is 5.79. The van der Waals surface area contributed by atoms with E-state index >= 15 is 0 Å². The first-order valence-corrected chi connectivity index (χ1v) is 12.1. The van der Waals surface area contributed by atoms with Gasteiger partial charge in [-0.3, -0.25) is 10.1 Å². The molecule has 30 heavy (non-hydrogen) atoms. The van der Waals surface area contributed by atoms with Crippen molar-refractivity contribution in [2.75, 3.05) is 31.1 Å². The number of piperazine rings is 1. The zero-order chi connectivity index (χ0) is 20.9. The van der Waals surface area contributed by atoms with Gasteiger partial charge in [0.1, 0.15) is 0 Å². The van der Waals surface area contributed by atoms with Gasteiger partial charge in [-0.05, 0) is 48.6 Å². The Balaban J connectivity index is 1.32. The van der Waals surface area contributed by atoms with Crippen molar-refractivity contribution in [1.29, 1.82) is 0 Å². The highest BCUT2D eigenvalue weighted by Gasteiger charge is 2.30. The molecule has 1 saturated heterocycles. The van der Waals surface area contributed by atoms with Gasteiger partial charge < -0.3 is 4.90 Å². The Morgan fingerprint density at radius 2 is 1.77 bits per heavy atom. The maximum Gasteiger partial charge on any atom is 0.270 e. The molecule has 3 aromatic rings. The predicted molar refractivity (Wildman–Crippen MR) is 116 cm³/mol. The van der Waals surface area contributed by atoms with Crippen LogP contribution in [0.5, 0.6) is 0 Å². The zero-order valence-corrected chi connectivity index (χ0v) is 17.8. The van der Waals surface area contributed by atoms with Gasteiger partial charge in [-0.1, -0.05) is 17.4 Å². The minimum Gasteiger partial charge on any atom is -0.345 e. The van der Waals surface area contributed by atoms with Crippen molar-refractivity contribution in [3.05, 3.63) is 57.6 Å². The lowest BCUT2D eigenvalue weighted by Crippen LogP contribution is -2.48. The zero-order valence-electron chi connectivity index (χ0n) is 16.2. The van der Waals surface area contributed by atoms with Crippen LogP contribution in [0, 0.1) is 10.1 Å². The Morgan fingerprint density at radius 3 is 2.53 bits per heavy atom. The van der Waals surface area contributed by atoms with Crippen molar-refractivity contribution >= 4 is 42.4 Å². The van der Waals surface area contributed by atoms with E-state index in [1.807, 2.05) is 17.0 Å². The van der Waals surface area contributed by atoms with Crippen LogP contribution in [0.2, 0.25) is 0 Å². The first kappa shape index (κ1) is 19.4. The second kappa shape index (κ2) is 7.29. The van der Waals surface area contributed by atoms with Crippen molar-refractivity contribution in [2.24, 2.45) is 0 Å². The Labute approximate surface area is 178 Å². The predicted octanol–water partition coefficient (Wildman–Crippen LogP) is 3.20. The summed E-state index contributed by atoms with van der Waals surface area (Å²) in [5, 5.41) is 11.7. The molecule has 5 rings (SSSR count). The Bertz CT molecular complexity index is 1250. The van der Waals surface area contributed by atoms with E-state index in [1.54, 1.807) is 16.4 Å². The van der Waals surface area contributed by atoms with Gasteiger partial charge in [0.15, 0.2) is 5.13 Å². The summed E-state index contributed by atoms with van der Waals surface area (Å²) in [5.41, 5.74) is 3.17. The molecule has 0 saturated carbocycles. The van der Waals surface area contributed by atoms with Gasteiger partial charge in [0.25, 0.3) is 5.69 Å². The van der Waals surface area contributed by atoms with Gasteiger partial charge in [-0.25, -0.2) is 13.4 Å². The number of anilines is 1. The molecule has 156 valence electrons. The van der Waals surface area contributed by atoms with Crippen molar-refractivity contribution in [1.82, 2.24) is 9.29 Å². The van der Waals surface area contributed by atoms with Crippen molar-refractivity contribution in [2.45, 2.75) is 24.2 Å². The van der Waals surface area contributed by atoms with E-state index in [-0.39, 0.29) is 5.69 Å². The maximum absolute atomic E-state index is 13.1. The Kier molecular flexibility index (Phi) is 4.72. The van der Waals surface area contributed by atoms with E-state index in [4.69, 9.17) is 0 Å². The third-order valence-corrected chi connectivity index (χ3v) is 8.76. The lowest BCUT2D eigenvalue weighted by Gasteiger charge is -2.33. The molecule has 2 aliphatic rings. The highest BCUT2D eigenvalue weighted by Crippen LogP contribution is 2.32. The van der Waals surface area contributed by atoms with Crippen LogP contribution in [-0.2, 0) is 22.9 Å². The summed E-state index contributed by atoms with van der Waals surface area (Å²) in [5.74, 6) is 0. The summed E-state index contributed by atoms with van der Waals surface area (Å²) in [7, 11) is -3.51. The number of sulfonamides is 1. The lowest BCUT2D eigenvalue weighted by atomic mass is 10.1. The van der Waals surface area contributed by atoms with Crippen LogP contribution in [0.1, 0.15) is 17.5 Å². The fourth-order valence-corrected chi connectivity index (χ4v) is 6.65.